The molecule has 0 saturated carbocycles. The molecular weight excluding hydrogens is 839 g/mol. The van der Waals surface area contributed by atoms with Gasteiger partial charge in [-0.15, -0.1) is 0 Å². The normalized spacial score (nSPS) is 17.5. The molecule has 0 radical (unpaired) electrons. The number of nitrogens with zero attached hydrogens (tertiary/aromatic N) is 2. The fourth-order valence-corrected chi connectivity index (χ4v) is 11.6. The maximum Gasteiger partial charge on any atom is 0.262 e. The van der Waals surface area contributed by atoms with Crippen LogP contribution in [0.2, 0.25) is 0 Å². The van der Waals surface area contributed by atoms with Gasteiger partial charge in [0.05, 0.1) is 39.0 Å². The van der Waals surface area contributed by atoms with E-state index >= 15 is 8.42 Å². The maximum absolute atomic E-state index is 15.2. The highest BCUT2D eigenvalue weighted by atomic mass is 32.2. The molecule has 2 atom stereocenters. The summed E-state index contributed by atoms with van der Waals surface area (Å²) in [5, 5.41) is 0. The van der Waals surface area contributed by atoms with Gasteiger partial charge in [-0.25, -0.2) is 8.42 Å². The molecule has 9 rings (SSSR count). The van der Waals surface area contributed by atoms with E-state index in [2.05, 4.69) is 78.9 Å². The van der Waals surface area contributed by atoms with E-state index in [1.165, 1.54) is 11.1 Å². The summed E-state index contributed by atoms with van der Waals surface area (Å²) in [6, 6.07) is 22.0. The average Bonchev–Trinajstić information content (AvgIpc) is 3.28. The topological polar surface area (TPSA) is 108 Å². The first-order chi connectivity index (χ1) is 31.0. The number of rotatable bonds is 10. The van der Waals surface area contributed by atoms with Crippen molar-refractivity contribution in [2.75, 3.05) is 60.3 Å². The lowest BCUT2D eigenvalue weighted by molar-refractivity contribution is 0.220. The summed E-state index contributed by atoms with van der Waals surface area (Å²) in [6.07, 6.45) is 2.73. The summed E-state index contributed by atoms with van der Waals surface area (Å²) in [5.74, 6) is 4.36. The molecule has 11 nitrogen and oxygen atoms in total. The van der Waals surface area contributed by atoms with Gasteiger partial charge in [0.2, 0.25) is 5.75 Å². The van der Waals surface area contributed by atoms with Crippen molar-refractivity contribution in [3.63, 3.8) is 0 Å². The van der Waals surface area contributed by atoms with E-state index < -0.39 is 10.0 Å². The van der Waals surface area contributed by atoms with E-state index in [0.717, 1.165) is 65.7 Å². The fourth-order valence-electron chi connectivity index (χ4n) is 9.83. The van der Waals surface area contributed by atoms with Gasteiger partial charge < -0.3 is 28.4 Å². The van der Waals surface area contributed by atoms with Crippen LogP contribution in [0.15, 0.2) is 71.6 Å². The molecular formula is C53H65N3O8S. The molecule has 0 aromatic heterocycles. The quantitative estimate of drug-likeness (QED) is 0.146. The molecule has 0 amide bonds. The Kier molecular flexibility index (Phi) is 13.1. The smallest absolute Gasteiger partial charge is 0.262 e. The van der Waals surface area contributed by atoms with Crippen molar-refractivity contribution in [2.45, 2.75) is 102 Å². The summed E-state index contributed by atoms with van der Waals surface area (Å²) in [5.41, 5.74) is 9.31. The van der Waals surface area contributed by atoms with Crippen LogP contribution in [0, 0.1) is 0 Å². The van der Waals surface area contributed by atoms with Crippen LogP contribution < -0.4 is 33.1 Å². The van der Waals surface area contributed by atoms with E-state index in [0.29, 0.717) is 68.6 Å². The van der Waals surface area contributed by atoms with Crippen LogP contribution in [-0.4, -0.2) is 73.8 Å². The van der Waals surface area contributed by atoms with Gasteiger partial charge >= 0.3 is 0 Å². The third kappa shape index (κ3) is 8.85. The molecule has 4 aliphatic heterocycles. The number of hydrogen-bond donors (Lipinski definition) is 1. The molecule has 5 aromatic rings. The highest BCUT2D eigenvalue weighted by Gasteiger charge is 2.36. The zero-order chi connectivity index (χ0) is 46.5. The summed E-state index contributed by atoms with van der Waals surface area (Å²) in [4.78, 5) is 5.00. The van der Waals surface area contributed by atoms with Crippen LogP contribution in [0.4, 0.5) is 5.69 Å². The molecule has 1 N–H and O–H groups in total. The summed E-state index contributed by atoms with van der Waals surface area (Å²) in [7, 11) is 6.61. The third-order valence-corrected chi connectivity index (χ3v) is 15.1. The van der Waals surface area contributed by atoms with Crippen LogP contribution >= 0.6 is 0 Å². The largest absolute Gasteiger partial charge is 0.493 e. The second-order valence-corrected chi connectivity index (χ2v) is 20.3. The Labute approximate surface area is 386 Å². The number of nitrogens with one attached hydrogen (secondary N) is 1. The summed E-state index contributed by atoms with van der Waals surface area (Å²) >= 11 is 0. The molecule has 5 aromatic carbocycles. The minimum Gasteiger partial charge on any atom is -0.493 e. The van der Waals surface area contributed by atoms with E-state index in [4.69, 9.17) is 28.4 Å². The van der Waals surface area contributed by atoms with E-state index in [1.54, 1.807) is 34.5 Å². The van der Waals surface area contributed by atoms with E-state index in [1.807, 2.05) is 52.0 Å². The van der Waals surface area contributed by atoms with Gasteiger partial charge in [-0.3, -0.25) is 14.5 Å². The predicted octanol–water partition coefficient (Wildman–Crippen LogP) is 11.3. The Balaban J connectivity index is 1.37. The molecule has 6 bridgehead atoms. The molecule has 4 aliphatic rings. The first-order valence-electron chi connectivity index (χ1n) is 22.8. The third-order valence-electron chi connectivity index (χ3n) is 13.6. The predicted molar refractivity (Wildman–Crippen MR) is 257 cm³/mol. The molecule has 0 saturated heterocycles. The van der Waals surface area contributed by atoms with Gasteiger partial charge in [0.1, 0.15) is 5.75 Å². The highest BCUT2D eigenvalue weighted by molar-refractivity contribution is 7.92. The average molecular weight is 904 g/mol. The zero-order valence-corrected chi connectivity index (χ0v) is 40.9. The van der Waals surface area contributed by atoms with Crippen molar-refractivity contribution in [3.05, 3.63) is 117 Å². The van der Waals surface area contributed by atoms with E-state index in [-0.39, 0.29) is 29.8 Å². The first-order valence-corrected chi connectivity index (χ1v) is 24.3. The Morgan fingerprint density at radius 3 is 1.82 bits per heavy atom. The molecule has 65 heavy (non-hydrogen) atoms. The molecule has 346 valence electrons. The Hall–Kier alpha value is -5.43. The van der Waals surface area contributed by atoms with Gasteiger partial charge in [0.25, 0.3) is 10.0 Å². The number of sulfonamides is 1. The standard InChI is InChI=1S/C53H65N3O8S/c1-30(2)36-22-39(31(3)4)53(40(23-36)32(5)6)65(57,58)54-42-29-46(60-10)47-27-37(42)24-44-50-35(18-20-56(44)8)26-49(61-11)51(62-12)52(50)64-48-28-41-34(25-45(48)59-9)17-19-55(7)43(41)21-33-13-15-38(63-47)16-14-33/h13-16,22-23,25-32,43-44,54H,17-21,24H2,1-12H3/t43-,44-/m0/s1. The molecule has 4 heterocycles. The number of hydrogen-bond acceptors (Lipinski definition) is 10. The lowest BCUT2D eigenvalue weighted by atomic mass is 9.87. The monoisotopic (exact) mass is 903 g/mol. The Morgan fingerprint density at radius 1 is 0.631 bits per heavy atom. The fraction of sp³-hybridized carbons (Fsp3) is 0.434. The molecule has 12 heteroatoms. The second kappa shape index (κ2) is 18.5. The molecule has 0 spiro atoms. The van der Waals surface area contributed by atoms with Crippen molar-refractivity contribution < 1.29 is 36.8 Å². The number of benzene rings is 5. The number of anilines is 1. The number of fused-ring (bicyclic) bond motifs is 2. The minimum atomic E-state index is -4.17. The Morgan fingerprint density at radius 2 is 1.22 bits per heavy atom. The van der Waals surface area contributed by atoms with Gasteiger partial charge in [0, 0.05) is 36.8 Å². The molecule has 0 aliphatic carbocycles. The number of ether oxygens (including phenoxy) is 6. The highest BCUT2D eigenvalue weighted by Crippen LogP contribution is 2.53. The van der Waals surface area contributed by atoms with Crippen LogP contribution in [-0.2, 0) is 35.7 Å². The van der Waals surface area contributed by atoms with Gasteiger partial charge in [-0.1, -0.05) is 65.8 Å². The Bertz CT molecular complexity index is 2670. The van der Waals surface area contributed by atoms with Gasteiger partial charge in [-0.2, -0.15) is 0 Å². The van der Waals surface area contributed by atoms with Crippen molar-refractivity contribution in [1.29, 1.82) is 0 Å². The minimum absolute atomic E-state index is 0.0485. The van der Waals surface area contributed by atoms with Crippen LogP contribution in [0.3, 0.4) is 0 Å². The van der Waals surface area contributed by atoms with Gasteiger partial charge in [-0.05, 0) is 138 Å². The van der Waals surface area contributed by atoms with Crippen molar-refractivity contribution in [3.8, 4) is 46.0 Å². The lowest BCUT2D eigenvalue weighted by Gasteiger charge is -2.37. The molecule has 0 unspecified atom stereocenters. The SMILES string of the molecule is COc1cc(NS(=O)(=O)c2c(C(C)C)cc(C(C)C)cc2C(C)C)c2cc1Oc1ccc(cc1)C[C@H]1c3cc(c(OC)cc3CCN1C)Oc1c(OC)c(OC)cc3c1[C@H](C2)N(C)CC3. The van der Waals surface area contributed by atoms with Crippen molar-refractivity contribution >= 4 is 15.7 Å². The first kappa shape index (κ1) is 46.1. The van der Waals surface area contributed by atoms with Crippen LogP contribution in [0.5, 0.6) is 46.0 Å². The maximum atomic E-state index is 15.2. The number of methoxy groups -OCH3 is 4. The van der Waals surface area contributed by atoms with Crippen LogP contribution in [0.25, 0.3) is 0 Å². The molecule has 0 fully saturated rings. The van der Waals surface area contributed by atoms with Crippen LogP contribution in [0.1, 0.15) is 121 Å². The summed E-state index contributed by atoms with van der Waals surface area (Å²) in [6.45, 7) is 14.1. The van der Waals surface area contributed by atoms with E-state index in [9.17, 15) is 0 Å². The second-order valence-electron chi connectivity index (χ2n) is 18.7. The van der Waals surface area contributed by atoms with Gasteiger partial charge in [0.15, 0.2) is 34.5 Å². The lowest BCUT2D eigenvalue weighted by Crippen LogP contribution is -2.34. The number of likely N-dealkylation sites (N-methyl/N-ethyl adjacent to an activating group) is 2. The summed E-state index contributed by atoms with van der Waals surface area (Å²) < 4.78 is 71.6. The zero-order valence-electron chi connectivity index (χ0n) is 40.0. The van der Waals surface area contributed by atoms with Crippen molar-refractivity contribution in [1.82, 2.24) is 9.80 Å². The van der Waals surface area contributed by atoms with Crippen molar-refractivity contribution in [2.24, 2.45) is 0 Å².